The van der Waals surface area contributed by atoms with Crippen molar-refractivity contribution in [3.8, 4) is 11.3 Å². The molecular weight excluding hydrogens is 697 g/mol. The van der Waals surface area contributed by atoms with Crippen LogP contribution in [0.4, 0.5) is 0 Å². The summed E-state index contributed by atoms with van der Waals surface area (Å²) in [5.74, 6) is 0.547. The number of benzene rings is 1. The third kappa shape index (κ3) is 6.71. The van der Waals surface area contributed by atoms with E-state index in [4.69, 9.17) is 13.5 Å². The standard InChI is InChI=1S/C20H13N2OS.C13H24O2.Ir/c1-11-10-24-20-13(11)8-9-17(22-20)16-5-3-4-14-15-7-6-12(2)21-19(15)23-18(14)16;1-5-10(6-2)12(14)9-13(15)11(7-3)8-4;/h3-4,6-10H,1-2H3;9-11,14H,5-8H2,1-4H3;/q-1;;/b;12-9-;/i2D3;;. The van der Waals surface area contributed by atoms with Crippen LogP contribution in [0, 0.1) is 31.7 Å². The van der Waals surface area contributed by atoms with Crippen LogP contribution in [-0.2, 0) is 24.9 Å². The Labute approximate surface area is 258 Å². The first-order chi connectivity index (χ1) is 20.0. The number of allylic oxidation sites excluding steroid dienone is 2. The molecule has 5 aromatic rings. The smallest absolute Gasteiger partial charge is 0.216 e. The van der Waals surface area contributed by atoms with Crippen LogP contribution in [0.25, 0.3) is 43.5 Å². The van der Waals surface area contributed by atoms with Crippen LogP contribution in [0.5, 0.6) is 0 Å². The Morgan fingerprint density at radius 2 is 1.73 bits per heavy atom. The van der Waals surface area contributed by atoms with Gasteiger partial charge in [-0.3, -0.25) is 9.78 Å². The van der Waals surface area contributed by atoms with Crippen LogP contribution in [0.1, 0.15) is 68.7 Å². The first kappa shape index (κ1) is 27.3. The molecule has 0 atom stereocenters. The van der Waals surface area contributed by atoms with Crippen molar-refractivity contribution < 1.29 is 38.5 Å². The summed E-state index contributed by atoms with van der Waals surface area (Å²) in [7, 11) is 0. The van der Waals surface area contributed by atoms with E-state index in [1.54, 1.807) is 17.4 Å². The summed E-state index contributed by atoms with van der Waals surface area (Å²) in [5, 5.41) is 14.6. The summed E-state index contributed by atoms with van der Waals surface area (Å²) in [4.78, 5) is 21.7. The van der Waals surface area contributed by atoms with Gasteiger partial charge < -0.3 is 9.52 Å². The fraction of sp³-hybridized carbons (Fsp3) is 0.364. The molecule has 0 spiro atoms. The number of pyridine rings is 2. The van der Waals surface area contributed by atoms with E-state index in [0.717, 1.165) is 57.9 Å². The van der Waals surface area contributed by atoms with Gasteiger partial charge in [-0.15, -0.1) is 29.5 Å². The molecular formula is C33H37IrN2O3S-. The number of hydrogen-bond donors (Lipinski definition) is 1. The summed E-state index contributed by atoms with van der Waals surface area (Å²) < 4.78 is 28.6. The van der Waals surface area contributed by atoms with Crippen molar-refractivity contribution >= 4 is 49.4 Å². The third-order valence-corrected chi connectivity index (χ3v) is 8.27. The van der Waals surface area contributed by atoms with Gasteiger partial charge in [-0.25, -0.2) is 4.98 Å². The minimum atomic E-state index is -2.27. The molecule has 5 nitrogen and oxygen atoms in total. The SMILES string of the molecule is CCC(CC)C(=O)/C=C(\O)C(CC)CC.[2H]C([2H])([2H])c1ccc2c(n1)oc1c(-c3ccc4c(C)csc4n3)[c-]ccc12.[Ir]. The molecule has 1 radical (unpaired) electrons. The van der Waals surface area contributed by atoms with Gasteiger partial charge in [0.2, 0.25) is 5.71 Å². The zero-order valence-electron chi connectivity index (χ0n) is 26.5. The number of ketones is 1. The van der Waals surface area contributed by atoms with Gasteiger partial charge in [0.25, 0.3) is 0 Å². The second-order valence-corrected chi connectivity index (χ2v) is 10.6. The molecule has 5 rings (SSSR count). The number of rotatable bonds is 8. The second kappa shape index (κ2) is 14.2. The van der Waals surface area contributed by atoms with Crippen molar-refractivity contribution in [3.05, 3.63) is 70.9 Å². The number of nitrogens with zero attached hydrogens (tertiary/aromatic N) is 2. The average molecular weight is 737 g/mol. The molecule has 0 saturated carbocycles. The predicted molar refractivity (Wildman–Crippen MR) is 162 cm³/mol. The fourth-order valence-corrected chi connectivity index (χ4v) is 5.69. The van der Waals surface area contributed by atoms with Gasteiger partial charge in [0, 0.05) is 58.6 Å². The minimum Gasteiger partial charge on any atom is -0.512 e. The number of aliphatic hydroxyl groups excluding tert-OH is 1. The molecule has 0 aliphatic heterocycles. The number of fused-ring (bicyclic) bond motifs is 4. The normalized spacial score (nSPS) is 13.2. The van der Waals surface area contributed by atoms with Gasteiger partial charge >= 0.3 is 0 Å². The molecule has 0 aliphatic rings. The summed E-state index contributed by atoms with van der Waals surface area (Å²) in [6, 6.07) is 14.2. The number of furan rings is 1. The molecule has 0 saturated heterocycles. The molecule has 1 aromatic carbocycles. The Morgan fingerprint density at radius 3 is 2.40 bits per heavy atom. The summed E-state index contributed by atoms with van der Waals surface area (Å²) >= 11 is 1.61. The monoisotopic (exact) mass is 737 g/mol. The molecule has 0 unspecified atom stereocenters. The van der Waals surface area contributed by atoms with E-state index in [1.807, 2.05) is 45.9 Å². The maximum atomic E-state index is 11.7. The Hall–Kier alpha value is -2.86. The van der Waals surface area contributed by atoms with Gasteiger partial charge in [0.15, 0.2) is 5.78 Å². The van der Waals surface area contributed by atoms with Crippen LogP contribution in [0.3, 0.4) is 0 Å². The van der Waals surface area contributed by atoms with E-state index in [-0.39, 0.29) is 49.2 Å². The molecule has 40 heavy (non-hydrogen) atoms. The first-order valence-electron chi connectivity index (χ1n) is 15.1. The van der Waals surface area contributed by atoms with Crippen LogP contribution < -0.4 is 0 Å². The summed E-state index contributed by atoms with van der Waals surface area (Å²) in [6.07, 6.45) is 4.91. The van der Waals surface area contributed by atoms with E-state index in [2.05, 4.69) is 29.4 Å². The average Bonchev–Trinajstić information content (AvgIpc) is 3.53. The minimum absolute atomic E-state index is 0. The number of thiophene rings is 1. The first-order valence-corrected chi connectivity index (χ1v) is 14.4. The van der Waals surface area contributed by atoms with E-state index in [1.165, 1.54) is 17.7 Å². The molecule has 1 N–H and O–H groups in total. The van der Waals surface area contributed by atoms with Crippen molar-refractivity contribution in [1.29, 1.82) is 0 Å². The van der Waals surface area contributed by atoms with Gasteiger partial charge in [-0.1, -0.05) is 50.8 Å². The van der Waals surface area contributed by atoms with E-state index in [0.29, 0.717) is 11.3 Å². The largest absolute Gasteiger partial charge is 0.512 e. The van der Waals surface area contributed by atoms with Gasteiger partial charge in [-0.05, 0) is 68.2 Å². The maximum Gasteiger partial charge on any atom is 0.216 e. The van der Waals surface area contributed by atoms with Gasteiger partial charge in [-0.2, -0.15) is 0 Å². The number of hydrogen-bond acceptors (Lipinski definition) is 6. The Kier molecular flexibility index (Phi) is 9.67. The topological polar surface area (TPSA) is 76.2 Å². The molecule has 0 fully saturated rings. The van der Waals surface area contributed by atoms with Crippen molar-refractivity contribution in [3.63, 3.8) is 0 Å². The van der Waals surface area contributed by atoms with Crippen molar-refractivity contribution in [2.24, 2.45) is 11.8 Å². The zero-order chi connectivity index (χ0) is 30.6. The van der Waals surface area contributed by atoms with Crippen LogP contribution >= 0.6 is 11.3 Å². The number of aliphatic hydroxyl groups is 1. The maximum absolute atomic E-state index is 11.7. The van der Waals surface area contributed by atoms with Crippen molar-refractivity contribution in [2.45, 2.75) is 67.2 Å². The number of aryl methyl sites for hydroxylation is 2. The van der Waals surface area contributed by atoms with Crippen molar-refractivity contribution in [2.75, 3.05) is 0 Å². The van der Waals surface area contributed by atoms with E-state index in [9.17, 15) is 9.90 Å². The molecule has 0 aliphatic carbocycles. The van der Waals surface area contributed by atoms with Crippen molar-refractivity contribution in [1.82, 2.24) is 9.97 Å². The quantitative estimate of drug-likeness (QED) is 0.0976. The van der Waals surface area contributed by atoms with Gasteiger partial charge in [0.05, 0.1) is 11.3 Å². The summed E-state index contributed by atoms with van der Waals surface area (Å²) in [6.45, 7) is 7.87. The molecule has 0 bridgehead atoms. The summed E-state index contributed by atoms with van der Waals surface area (Å²) in [5.41, 5.74) is 3.67. The second-order valence-electron chi connectivity index (χ2n) is 9.71. The van der Waals surface area contributed by atoms with Gasteiger partial charge in [0.1, 0.15) is 4.83 Å². The number of carbonyl (C=O) groups excluding carboxylic acids is 1. The van der Waals surface area contributed by atoms with E-state index >= 15 is 0 Å². The molecule has 4 aromatic heterocycles. The Bertz CT molecular complexity index is 1730. The van der Waals surface area contributed by atoms with E-state index < -0.39 is 6.85 Å². The van der Waals surface area contributed by atoms with Crippen LogP contribution in [0.2, 0.25) is 0 Å². The number of carbonyl (C=O) groups is 1. The fourth-order valence-electron chi connectivity index (χ4n) is 4.77. The zero-order valence-corrected chi connectivity index (χ0v) is 26.7. The van der Waals surface area contributed by atoms with Crippen LogP contribution in [0.15, 0.2) is 58.0 Å². The third-order valence-electron chi connectivity index (χ3n) is 7.27. The molecule has 213 valence electrons. The molecule has 0 amide bonds. The number of aromatic nitrogens is 2. The predicted octanol–water partition coefficient (Wildman–Crippen LogP) is 9.54. The molecule has 4 heterocycles. The van der Waals surface area contributed by atoms with Crippen LogP contribution in [-0.4, -0.2) is 20.9 Å². The Morgan fingerprint density at radius 1 is 1.02 bits per heavy atom. The Balaban J connectivity index is 0.000000274. The molecule has 7 heteroatoms.